The molecule has 2 N–H and O–H groups in total. The Hall–Kier alpha value is -0.0900. The van der Waals surface area contributed by atoms with Gasteiger partial charge >= 0.3 is 0 Å². The molecule has 1 heterocycles. The molecule has 4 heteroatoms. The van der Waals surface area contributed by atoms with Crippen molar-refractivity contribution in [2.45, 2.75) is 38.8 Å². The van der Waals surface area contributed by atoms with Crippen molar-refractivity contribution in [2.75, 3.05) is 6.61 Å². The van der Waals surface area contributed by atoms with Gasteiger partial charge in [0.1, 0.15) is 0 Å². The second kappa shape index (κ2) is 5.85. The molecule has 0 aromatic carbocycles. The number of thiophene rings is 1. The van der Waals surface area contributed by atoms with Crippen molar-refractivity contribution in [3.8, 4) is 0 Å². The molecule has 2 nitrogen and oxygen atoms in total. The average molecular weight is 248 g/mol. The average Bonchev–Trinajstić information content (AvgIpc) is 2.62. The normalized spacial score (nSPS) is 15.2. The molecule has 0 aliphatic rings. The molecular formula is C11H18ClNOS. The number of halogens is 1. The Balaban J connectivity index is 2.47. The third-order valence-electron chi connectivity index (χ3n) is 2.76. The van der Waals surface area contributed by atoms with Crippen molar-refractivity contribution in [1.29, 1.82) is 0 Å². The summed E-state index contributed by atoms with van der Waals surface area (Å²) < 4.78 is 0. The van der Waals surface area contributed by atoms with Crippen LogP contribution in [0.4, 0.5) is 0 Å². The Bertz CT molecular complexity index is 303. The van der Waals surface area contributed by atoms with Crippen LogP contribution in [0.5, 0.6) is 0 Å². The van der Waals surface area contributed by atoms with Crippen molar-refractivity contribution < 1.29 is 5.11 Å². The standard InChI is InChI=1S/C11H18ClNOS/c1-3-11(2,4-5-14)13-7-10-6-9(12)8-15-10/h6,8,13-14H,3-5,7H2,1-2H3. The highest BCUT2D eigenvalue weighted by Gasteiger charge is 2.20. The number of hydrogen-bond acceptors (Lipinski definition) is 3. The van der Waals surface area contributed by atoms with Gasteiger partial charge in [-0.3, -0.25) is 0 Å². The molecule has 0 radical (unpaired) electrons. The summed E-state index contributed by atoms with van der Waals surface area (Å²) in [6.45, 7) is 5.31. The van der Waals surface area contributed by atoms with E-state index in [1.54, 1.807) is 11.3 Å². The topological polar surface area (TPSA) is 32.3 Å². The Kier molecular flexibility index (Phi) is 5.06. The Morgan fingerprint density at radius 3 is 2.80 bits per heavy atom. The number of aliphatic hydroxyl groups is 1. The molecule has 1 rings (SSSR count). The molecule has 0 fully saturated rings. The summed E-state index contributed by atoms with van der Waals surface area (Å²) >= 11 is 7.51. The molecule has 15 heavy (non-hydrogen) atoms. The molecule has 0 aliphatic heterocycles. The van der Waals surface area contributed by atoms with Gasteiger partial charge in [0, 0.05) is 28.9 Å². The van der Waals surface area contributed by atoms with Gasteiger partial charge in [-0.15, -0.1) is 11.3 Å². The predicted molar refractivity (Wildman–Crippen MR) is 66.6 cm³/mol. The maximum atomic E-state index is 8.98. The lowest BCUT2D eigenvalue weighted by atomic mass is 9.95. The molecule has 1 atom stereocenters. The minimum absolute atomic E-state index is 0.0191. The van der Waals surface area contributed by atoms with Gasteiger partial charge in [0.05, 0.1) is 5.02 Å². The van der Waals surface area contributed by atoms with E-state index < -0.39 is 0 Å². The van der Waals surface area contributed by atoms with Crippen LogP contribution in [0.15, 0.2) is 11.4 Å². The first kappa shape index (κ1) is 13.0. The Morgan fingerprint density at radius 2 is 2.33 bits per heavy atom. The van der Waals surface area contributed by atoms with Gasteiger partial charge in [0.25, 0.3) is 0 Å². The zero-order chi connectivity index (χ0) is 11.3. The first-order valence-corrected chi connectivity index (χ1v) is 6.44. The Morgan fingerprint density at radius 1 is 1.60 bits per heavy atom. The second-order valence-electron chi connectivity index (χ2n) is 3.97. The van der Waals surface area contributed by atoms with Gasteiger partial charge in [0.15, 0.2) is 0 Å². The molecule has 0 aliphatic carbocycles. The third kappa shape index (κ3) is 4.11. The zero-order valence-electron chi connectivity index (χ0n) is 9.22. The van der Waals surface area contributed by atoms with Crippen LogP contribution in [-0.2, 0) is 6.54 Å². The van der Waals surface area contributed by atoms with E-state index in [9.17, 15) is 0 Å². The highest BCUT2D eigenvalue weighted by molar-refractivity contribution is 7.10. The molecule has 0 bridgehead atoms. The summed E-state index contributed by atoms with van der Waals surface area (Å²) in [5, 5.41) is 15.2. The molecule has 86 valence electrons. The SMILES string of the molecule is CCC(C)(CCO)NCc1cc(Cl)cs1. The van der Waals surface area contributed by atoms with Gasteiger partial charge in [-0.2, -0.15) is 0 Å². The van der Waals surface area contributed by atoms with Gasteiger partial charge in [-0.25, -0.2) is 0 Å². The van der Waals surface area contributed by atoms with Gasteiger partial charge < -0.3 is 10.4 Å². The molecular weight excluding hydrogens is 230 g/mol. The molecule has 0 saturated carbocycles. The van der Waals surface area contributed by atoms with Crippen LogP contribution >= 0.6 is 22.9 Å². The van der Waals surface area contributed by atoms with Crippen molar-refractivity contribution in [2.24, 2.45) is 0 Å². The first-order valence-electron chi connectivity index (χ1n) is 5.18. The number of rotatable bonds is 6. The lowest BCUT2D eigenvalue weighted by molar-refractivity contribution is 0.215. The van der Waals surface area contributed by atoms with Crippen molar-refractivity contribution in [1.82, 2.24) is 5.32 Å². The summed E-state index contributed by atoms with van der Waals surface area (Å²) in [6, 6.07) is 1.98. The smallest absolute Gasteiger partial charge is 0.0516 e. The number of aliphatic hydroxyl groups excluding tert-OH is 1. The summed E-state index contributed by atoms with van der Waals surface area (Å²) in [5.41, 5.74) is 0.0191. The lowest BCUT2D eigenvalue weighted by Gasteiger charge is -2.28. The summed E-state index contributed by atoms with van der Waals surface area (Å²) in [7, 11) is 0. The van der Waals surface area contributed by atoms with Crippen LogP contribution in [0.1, 0.15) is 31.6 Å². The van der Waals surface area contributed by atoms with Gasteiger partial charge in [-0.1, -0.05) is 18.5 Å². The monoisotopic (exact) mass is 247 g/mol. The summed E-state index contributed by atoms with van der Waals surface area (Å²) in [6.07, 6.45) is 1.79. The van der Waals surface area contributed by atoms with Crippen LogP contribution in [0.25, 0.3) is 0 Å². The van der Waals surface area contributed by atoms with E-state index in [0.717, 1.165) is 24.4 Å². The zero-order valence-corrected chi connectivity index (χ0v) is 10.8. The fourth-order valence-corrected chi connectivity index (χ4v) is 2.40. The van der Waals surface area contributed by atoms with Crippen molar-refractivity contribution >= 4 is 22.9 Å². The maximum Gasteiger partial charge on any atom is 0.0516 e. The molecule has 0 amide bonds. The largest absolute Gasteiger partial charge is 0.396 e. The van der Waals surface area contributed by atoms with E-state index in [2.05, 4.69) is 19.2 Å². The fraction of sp³-hybridized carbons (Fsp3) is 0.636. The lowest BCUT2D eigenvalue weighted by Crippen LogP contribution is -2.41. The van der Waals surface area contributed by atoms with E-state index in [4.69, 9.17) is 16.7 Å². The summed E-state index contributed by atoms with van der Waals surface area (Å²) in [5.74, 6) is 0. The molecule has 0 spiro atoms. The van der Waals surface area contributed by atoms with E-state index in [1.807, 2.05) is 11.4 Å². The van der Waals surface area contributed by atoms with Crippen molar-refractivity contribution in [3.63, 3.8) is 0 Å². The Labute approximate surface area is 100 Å². The van der Waals surface area contributed by atoms with E-state index >= 15 is 0 Å². The quantitative estimate of drug-likeness (QED) is 0.810. The highest BCUT2D eigenvalue weighted by Crippen LogP contribution is 2.21. The van der Waals surface area contributed by atoms with Gasteiger partial charge in [-0.05, 0) is 25.8 Å². The minimum Gasteiger partial charge on any atom is -0.396 e. The van der Waals surface area contributed by atoms with E-state index in [-0.39, 0.29) is 12.1 Å². The van der Waals surface area contributed by atoms with E-state index in [1.165, 1.54) is 4.88 Å². The third-order valence-corrected chi connectivity index (χ3v) is 4.04. The summed E-state index contributed by atoms with van der Waals surface area (Å²) in [4.78, 5) is 1.23. The molecule has 1 aromatic rings. The number of hydrogen-bond donors (Lipinski definition) is 2. The number of nitrogens with one attached hydrogen (secondary N) is 1. The van der Waals surface area contributed by atoms with Crippen LogP contribution < -0.4 is 5.32 Å². The van der Waals surface area contributed by atoms with Gasteiger partial charge in [0.2, 0.25) is 0 Å². The molecule has 1 aromatic heterocycles. The van der Waals surface area contributed by atoms with Crippen LogP contribution in [0, 0.1) is 0 Å². The fourth-order valence-electron chi connectivity index (χ4n) is 1.38. The molecule has 1 unspecified atom stereocenters. The minimum atomic E-state index is 0.0191. The second-order valence-corrected chi connectivity index (χ2v) is 5.40. The van der Waals surface area contributed by atoms with Crippen LogP contribution in [0.2, 0.25) is 5.02 Å². The van der Waals surface area contributed by atoms with E-state index in [0.29, 0.717) is 0 Å². The van der Waals surface area contributed by atoms with Crippen LogP contribution in [-0.4, -0.2) is 17.3 Å². The first-order chi connectivity index (χ1) is 7.09. The van der Waals surface area contributed by atoms with Crippen LogP contribution in [0.3, 0.4) is 0 Å². The van der Waals surface area contributed by atoms with Crippen molar-refractivity contribution in [3.05, 3.63) is 21.3 Å². The maximum absolute atomic E-state index is 8.98. The molecule has 0 saturated heterocycles. The predicted octanol–water partition coefficient (Wildman–Crippen LogP) is 3.04. The highest BCUT2D eigenvalue weighted by atomic mass is 35.5.